The van der Waals surface area contributed by atoms with Crippen molar-refractivity contribution in [3.8, 4) is 5.75 Å². The molecule has 17 heavy (non-hydrogen) atoms. The first kappa shape index (κ1) is 12.1. The predicted octanol–water partition coefficient (Wildman–Crippen LogP) is 3.00. The molecule has 1 N–H and O–H groups in total. The Kier molecular flexibility index (Phi) is 4.12. The van der Waals surface area contributed by atoms with E-state index in [0.29, 0.717) is 6.04 Å². The Morgan fingerprint density at radius 2 is 2.12 bits per heavy atom. The Balaban J connectivity index is 1.92. The molecule has 2 rings (SSSR count). The lowest BCUT2D eigenvalue weighted by Gasteiger charge is -2.13. The Bertz CT molecular complexity index is 439. The van der Waals surface area contributed by atoms with Crippen LogP contribution in [0.2, 0.25) is 0 Å². The summed E-state index contributed by atoms with van der Waals surface area (Å²) in [4.78, 5) is 4.25. The number of benzene rings is 1. The van der Waals surface area contributed by atoms with Crippen LogP contribution in [0.5, 0.6) is 5.75 Å². The highest BCUT2D eigenvalue weighted by Gasteiger charge is 2.05. The molecule has 0 aliphatic rings. The number of methoxy groups -OCH3 is 1. The summed E-state index contributed by atoms with van der Waals surface area (Å²) in [5.74, 6) is 0.889. The second-order valence-corrected chi connectivity index (χ2v) is 4.57. The van der Waals surface area contributed by atoms with Gasteiger partial charge >= 0.3 is 0 Å². The second-order valence-electron chi connectivity index (χ2n) is 3.86. The zero-order chi connectivity index (χ0) is 12.1. The van der Waals surface area contributed by atoms with Gasteiger partial charge in [0.05, 0.1) is 18.3 Å². The van der Waals surface area contributed by atoms with E-state index in [1.165, 1.54) is 5.56 Å². The fourth-order valence-corrected chi connectivity index (χ4v) is 2.15. The smallest absolute Gasteiger partial charge is 0.118 e. The number of aromatic nitrogens is 1. The van der Waals surface area contributed by atoms with Gasteiger partial charge in [0, 0.05) is 18.0 Å². The molecule has 0 aliphatic heterocycles. The van der Waals surface area contributed by atoms with Crippen LogP contribution in [0.25, 0.3) is 0 Å². The summed E-state index contributed by atoms with van der Waals surface area (Å²) >= 11 is 1.62. The van der Waals surface area contributed by atoms with E-state index in [4.69, 9.17) is 4.74 Å². The summed E-state index contributed by atoms with van der Waals surface area (Å²) in [5, 5.41) is 5.51. The monoisotopic (exact) mass is 248 g/mol. The Hall–Kier alpha value is -1.39. The molecule has 1 aromatic heterocycles. The van der Waals surface area contributed by atoms with E-state index in [-0.39, 0.29) is 0 Å². The van der Waals surface area contributed by atoms with Crippen molar-refractivity contribution >= 4 is 11.3 Å². The van der Waals surface area contributed by atoms with Gasteiger partial charge in [-0.25, -0.2) is 4.98 Å². The van der Waals surface area contributed by atoms with Crippen molar-refractivity contribution in [1.29, 1.82) is 0 Å². The summed E-state index contributed by atoms with van der Waals surface area (Å²) in [7, 11) is 1.68. The Morgan fingerprint density at radius 3 is 2.71 bits per heavy atom. The third kappa shape index (κ3) is 3.28. The lowest BCUT2D eigenvalue weighted by Crippen LogP contribution is -2.18. The molecule has 0 radical (unpaired) electrons. The summed E-state index contributed by atoms with van der Waals surface area (Å²) in [6.07, 6.45) is 0. The highest BCUT2D eigenvalue weighted by atomic mass is 32.1. The molecule has 4 heteroatoms. The van der Waals surface area contributed by atoms with Gasteiger partial charge in [-0.1, -0.05) is 12.1 Å². The van der Waals surface area contributed by atoms with E-state index in [2.05, 4.69) is 34.7 Å². The van der Waals surface area contributed by atoms with E-state index >= 15 is 0 Å². The number of rotatable bonds is 5. The van der Waals surface area contributed by atoms with Gasteiger partial charge in [0.1, 0.15) is 5.75 Å². The SMILES string of the molecule is COc1ccc(C(C)NCc2cscn2)cc1. The average molecular weight is 248 g/mol. The highest BCUT2D eigenvalue weighted by molar-refractivity contribution is 7.07. The molecule has 1 atom stereocenters. The van der Waals surface area contributed by atoms with Crippen molar-refractivity contribution in [3.63, 3.8) is 0 Å². The van der Waals surface area contributed by atoms with Crippen LogP contribution < -0.4 is 10.1 Å². The van der Waals surface area contributed by atoms with Crippen LogP contribution in [0.3, 0.4) is 0 Å². The molecule has 1 aromatic carbocycles. The normalized spacial score (nSPS) is 12.4. The van der Waals surface area contributed by atoms with Crippen LogP contribution in [-0.2, 0) is 6.54 Å². The van der Waals surface area contributed by atoms with Gasteiger partial charge in [-0.05, 0) is 24.6 Å². The zero-order valence-corrected chi connectivity index (χ0v) is 10.8. The van der Waals surface area contributed by atoms with Crippen molar-refractivity contribution in [2.45, 2.75) is 19.5 Å². The third-order valence-corrected chi connectivity index (χ3v) is 3.32. The molecular weight excluding hydrogens is 232 g/mol. The van der Waals surface area contributed by atoms with E-state index < -0.39 is 0 Å². The first-order valence-electron chi connectivity index (χ1n) is 5.54. The topological polar surface area (TPSA) is 34.1 Å². The zero-order valence-electron chi connectivity index (χ0n) is 10.0. The number of hydrogen-bond acceptors (Lipinski definition) is 4. The minimum atomic E-state index is 0.308. The van der Waals surface area contributed by atoms with Crippen LogP contribution in [0.15, 0.2) is 35.2 Å². The number of nitrogens with one attached hydrogen (secondary N) is 1. The van der Waals surface area contributed by atoms with Crippen molar-refractivity contribution in [1.82, 2.24) is 10.3 Å². The minimum Gasteiger partial charge on any atom is -0.497 e. The Labute approximate surface area is 105 Å². The summed E-state index contributed by atoms with van der Waals surface area (Å²) in [6, 6.07) is 8.43. The molecule has 2 aromatic rings. The average Bonchev–Trinajstić information content (AvgIpc) is 2.89. The number of nitrogens with zero attached hydrogens (tertiary/aromatic N) is 1. The lowest BCUT2D eigenvalue weighted by atomic mass is 10.1. The molecule has 0 saturated carbocycles. The minimum absolute atomic E-state index is 0.308. The van der Waals surface area contributed by atoms with Crippen LogP contribution in [0, 0.1) is 0 Å². The molecule has 0 saturated heterocycles. The van der Waals surface area contributed by atoms with Crippen LogP contribution in [-0.4, -0.2) is 12.1 Å². The quantitative estimate of drug-likeness (QED) is 0.883. The summed E-state index contributed by atoms with van der Waals surface area (Å²) in [5.41, 5.74) is 4.20. The number of thiazole rings is 1. The number of hydrogen-bond donors (Lipinski definition) is 1. The largest absolute Gasteiger partial charge is 0.497 e. The lowest BCUT2D eigenvalue weighted by molar-refractivity contribution is 0.414. The predicted molar refractivity (Wildman–Crippen MR) is 70.4 cm³/mol. The van der Waals surface area contributed by atoms with Crippen molar-refractivity contribution in [2.24, 2.45) is 0 Å². The molecule has 90 valence electrons. The van der Waals surface area contributed by atoms with Crippen molar-refractivity contribution < 1.29 is 4.74 Å². The summed E-state index contributed by atoms with van der Waals surface area (Å²) in [6.45, 7) is 2.95. The third-order valence-electron chi connectivity index (χ3n) is 2.69. The molecule has 0 aliphatic carbocycles. The molecule has 0 amide bonds. The summed E-state index contributed by atoms with van der Waals surface area (Å²) < 4.78 is 5.14. The van der Waals surface area contributed by atoms with Gasteiger partial charge in [-0.2, -0.15) is 0 Å². The molecule has 3 nitrogen and oxygen atoms in total. The van der Waals surface area contributed by atoms with E-state index in [1.807, 2.05) is 17.6 Å². The fraction of sp³-hybridized carbons (Fsp3) is 0.308. The first-order chi connectivity index (χ1) is 8.29. The van der Waals surface area contributed by atoms with Crippen molar-refractivity contribution in [2.75, 3.05) is 7.11 Å². The van der Waals surface area contributed by atoms with Gasteiger partial charge in [-0.15, -0.1) is 11.3 Å². The first-order valence-corrected chi connectivity index (χ1v) is 6.48. The number of ether oxygens (including phenoxy) is 1. The van der Waals surface area contributed by atoms with E-state index in [0.717, 1.165) is 18.0 Å². The maximum Gasteiger partial charge on any atom is 0.118 e. The van der Waals surface area contributed by atoms with E-state index in [9.17, 15) is 0 Å². The standard InChI is InChI=1S/C13H16N2OS/c1-10(14-7-12-8-17-9-15-12)11-3-5-13(16-2)6-4-11/h3-6,8-10,14H,7H2,1-2H3. The maximum atomic E-state index is 5.14. The highest BCUT2D eigenvalue weighted by Crippen LogP contribution is 2.17. The maximum absolute atomic E-state index is 5.14. The van der Waals surface area contributed by atoms with Gasteiger partial charge in [-0.3, -0.25) is 0 Å². The van der Waals surface area contributed by atoms with Gasteiger partial charge in [0.15, 0.2) is 0 Å². The van der Waals surface area contributed by atoms with E-state index in [1.54, 1.807) is 18.4 Å². The molecular formula is C13H16N2OS. The molecule has 1 unspecified atom stereocenters. The van der Waals surface area contributed by atoms with Gasteiger partial charge < -0.3 is 10.1 Å². The van der Waals surface area contributed by atoms with Gasteiger partial charge in [0.25, 0.3) is 0 Å². The molecule has 0 fully saturated rings. The van der Waals surface area contributed by atoms with Crippen LogP contribution in [0.1, 0.15) is 24.2 Å². The molecule has 0 bridgehead atoms. The van der Waals surface area contributed by atoms with Crippen LogP contribution in [0.4, 0.5) is 0 Å². The molecule has 0 spiro atoms. The Morgan fingerprint density at radius 1 is 1.35 bits per heavy atom. The fourth-order valence-electron chi connectivity index (χ4n) is 1.59. The second kappa shape index (κ2) is 5.80. The van der Waals surface area contributed by atoms with Gasteiger partial charge in [0.2, 0.25) is 0 Å². The van der Waals surface area contributed by atoms with Crippen LogP contribution >= 0.6 is 11.3 Å². The molecule has 1 heterocycles. The van der Waals surface area contributed by atoms with Crippen molar-refractivity contribution in [3.05, 3.63) is 46.4 Å².